The Balaban J connectivity index is 1.87. The van der Waals surface area contributed by atoms with Crippen LogP contribution in [-0.4, -0.2) is 11.2 Å². The van der Waals surface area contributed by atoms with E-state index in [0.29, 0.717) is 5.92 Å². The topological polar surface area (TPSA) is 20.2 Å². The number of aliphatic hydroxyl groups is 1. The van der Waals surface area contributed by atoms with Gasteiger partial charge in [-0.05, 0) is 54.4 Å². The van der Waals surface area contributed by atoms with E-state index in [2.05, 4.69) is 48.5 Å². The molecule has 2 aliphatic rings. The number of aliphatic hydroxyl groups excluding tert-OH is 1. The SMILES string of the molecule is OC1CCC2CCCC=C2[C@@H]1c1cccc2ccccc12. The molecule has 2 aromatic carbocycles. The highest BCUT2D eigenvalue weighted by atomic mass is 16.3. The first-order valence-corrected chi connectivity index (χ1v) is 8.20. The molecule has 4 rings (SSSR count). The molecule has 0 aliphatic heterocycles. The van der Waals surface area contributed by atoms with Gasteiger partial charge in [0, 0.05) is 5.92 Å². The maximum atomic E-state index is 10.7. The zero-order chi connectivity index (χ0) is 14.2. The molecule has 0 radical (unpaired) electrons. The molecule has 1 fully saturated rings. The molecule has 108 valence electrons. The van der Waals surface area contributed by atoms with Gasteiger partial charge in [-0.3, -0.25) is 0 Å². The van der Waals surface area contributed by atoms with Crippen LogP contribution in [-0.2, 0) is 0 Å². The molecule has 2 aliphatic carbocycles. The van der Waals surface area contributed by atoms with Crippen molar-refractivity contribution in [1.82, 2.24) is 0 Å². The molecular formula is C20H22O. The van der Waals surface area contributed by atoms with Crippen LogP contribution in [0.25, 0.3) is 10.8 Å². The molecule has 0 aromatic heterocycles. The summed E-state index contributed by atoms with van der Waals surface area (Å²) in [5, 5.41) is 13.3. The average Bonchev–Trinajstić information content (AvgIpc) is 2.54. The van der Waals surface area contributed by atoms with Crippen LogP contribution in [0.3, 0.4) is 0 Å². The number of hydrogen-bond acceptors (Lipinski definition) is 1. The van der Waals surface area contributed by atoms with Crippen molar-refractivity contribution in [3.63, 3.8) is 0 Å². The van der Waals surface area contributed by atoms with E-state index in [1.165, 1.54) is 41.2 Å². The smallest absolute Gasteiger partial charge is 0.0646 e. The maximum absolute atomic E-state index is 10.7. The van der Waals surface area contributed by atoms with E-state index in [4.69, 9.17) is 0 Å². The third-order valence-corrected chi connectivity index (χ3v) is 5.32. The number of hydrogen-bond donors (Lipinski definition) is 1. The van der Waals surface area contributed by atoms with Crippen molar-refractivity contribution in [3.8, 4) is 0 Å². The van der Waals surface area contributed by atoms with Gasteiger partial charge in [-0.25, -0.2) is 0 Å². The van der Waals surface area contributed by atoms with Crippen LogP contribution in [0.4, 0.5) is 0 Å². The lowest BCUT2D eigenvalue weighted by Crippen LogP contribution is -2.31. The third-order valence-electron chi connectivity index (χ3n) is 5.32. The summed E-state index contributed by atoms with van der Waals surface area (Å²) in [5.74, 6) is 0.904. The fourth-order valence-corrected chi connectivity index (χ4v) is 4.33. The Labute approximate surface area is 126 Å². The monoisotopic (exact) mass is 278 g/mol. The van der Waals surface area contributed by atoms with E-state index in [0.717, 1.165) is 12.8 Å². The van der Waals surface area contributed by atoms with Gasteiger partial charge in [0.2, 0.25) is 0 Å². The van der Waals surface area contributed by atoms with Crippen molar-refractivity contribution < 1.29 is 5.11 Å². The minimum atomic E-state index is -0.226. The number of allylic oxidation sites excluding steroid dienone is 1. The Bertz CT molecular complexity index is 680. The van der Waals surface area contributed by atoms with Crippen LogP contribution in [0.1, 0.15) is 43.6 Å². The second kappa shape index (κ2) is 5.31. The summed E-state index contributed by atoms with van der Waals surface area (Å²) in [6.07, 6.45) is 8.09. The fourth-order valence-electron chi connectivity index (χ4n) is 4.33. The number of fused-ring (bicyclic) bond motifs is 2. The second-order valence-electron chi connectivity index (χ2n) is 6.52. The zero-order valence-corrected chi connectivity index (χ0v) is 12.3. The van der Waals surface area contributed by atoms with Crippen LogP contribution >= 0.6 is 0 Å². The summed E-state index contributed by atoms with van der Waals surface area (Å²) in [7, 11) is 0. The van der Waals surface area contributed by atoms with E-state index in [1.807, 2.05) is 0 Å². The third kappa shape index (κ3) is 2.20. The Morgan fingerprint density at radius 2 is 1.76 bits per heavy atom. The van der Waals surface area contributed by atoms with Crippen LogP contribution < -0.4 is 0 Å². The van der Waals surface area contributed by atoms with Crippen molar-refractivity contribution >= 4 is 10.8 Å². The van der Waals surface area contributed by atoms with Gasteiger partial charge in [-0.15, -0.1) is 0 Å². The minimum absolute atomic E-state index is 0.204. The quantitative estimate of drug-likeness (QED) is 0.743. The van der Waals surface area contributed by atoms with E-state index >= 15 is 0 Å². The Morgan fingerprint density at radius 3 is 2.71 bits per heavy atom. The van der Waals surface area contributed by atoms with Gasteiger partial charge in [-0.2, -0.15) is 0 Å². The molecule has 3 atom stereocenters. The predicted octanol–water partition coefficient (Wildman–Crippen LogP) is 4.80. The van der Waals surface area contributed by atoms with Crippen LogP contribution in [0.2, 0.25) is 0 Å². The highest BCUT2D eigenvalue weighted by Gasteiger charge is 2.36. The van der Waals surface area contributed by atoms with E-state index < -0.39 is 0 Å². The first-order chi connectivity index (χ1) is 10.3. The summed E-state index contributed by atoms with van der Waals surface area (Å²) in [4.78, 5) is 0. The van der Waals surface area contributed by atoms with Gasteiger partial charge < -0.3 is 5.11 Å². The lowest BCUT2D eigenvalue weighted by molar-refractivity contribution is 0.111. The lowest BCUT2D eigenvalue weighted by Gasteiger charge is -2.39. The summed E-state index contributed by atoms with van der Waals surface area (Å²) in [6, 6.07) is 15.1. The average molecular weight is 278 g/mol. The molecule has 2 unspecified atom stereocenters. The van der Waals surface area contributed by atoms with Crippen LogP contribution in [0, 0.1) is 5.92 Å². The maximum Gasteiger partial charge on any atom is 0.0646 e. The lowest BCUT2D eigenvalue weighted by atomic mass is 9.68. The van der Waals surface area contributed by atoms with Crippen molar-refractivity contribution in [1.29, 1.82) is 0 Å². The Hall–Kier alpha value is -1.60. The highest BCUT2D eigenvalue weighted by Crippen LogP contribution is 2.46. The standard InChI is InChI=1S/C20H22O/c21-19-13-12-15-7-2-4-10-17(15)20(19)18-11-5-8-14-6-1-3-9-16(14)18/h1,3,5-6,8-11,15,19-21H,2,4,7,12-13H2/t15?,19?,20-/m1/s1. The number of benzene rings is 2. The Kier molecular flexibility index (Phi) is 3.31. The van der Waals surface area contributed by atoms with Crippen molar-refractivity contribution in [3.05, 3.63) is 59.7 Å². The van der Waals surface area contributed by atoms with Gasteiger partial charge in [-0.1, -0.05) is 54.1 Å². The summed E-state index contributed by atoms with van der Waals surface area (Å²) in [5.41, 5.74) is 2.83. The second-order valence-corrected chi connectivity index (χ2v) is 6.52. The minimum Gasteiger partial charge on any atom is -0.392 e. The van der Waals surface area contributed by atoms with Crippen molar-refractivity contribution in [2.75, 3.05) is 0 Å². The number of rotatable bonds is 1. The first-order valence-electron chi connectivity index (χ1n) is 8.20. The van der Waals surface area contributed by atoms with E-state index in [1.54, 1.807) is 0 Å². The van der Waals surface area contributed by atoms with Gasteiger partial charge >= 0.3 is 0 Å². The zero-order valence-electron chi connectivity index (χ0n) is 12.3. The Morgan fingerprint density at radius 1 is 0.905 bits per heavy atom. The summed E-state index contributed by atoms with van der Waals surface area (Å²) >= 11 is 0. The predicted molar refractivity (Wildman–Crippen MR) is 87.4 cm³/mol. The van der Waals surface area contributed by atoms with Gasteiger partial charge in [0.25, 0.3) is 0 Å². The largest absolute Gasteiger partial charge is 0.392 e. The molecule has 2 aromatic rings. The molecule has 0 heterocycles. The molecule has 1 nitrogen and oxygen atoms in total. The summed E-state index contributed by atoms with van der Waals surface area (Å²) < 4.78 is 0. The van der Waals surface area contributed by atoms with Crippen LogP contribution in [0.15, 0.2) is 54.1 Å². The normalized spacial score (nSPS) is 29.0. The molecule has 0 saturated heterocycles. The molecule has 0 bridgehead atoms. The highest BCUT2D eigenvalue weighted by molar-refractivity contribution is 5.86. The van der Waals surface area contributed by atoms with Crippen molar-refractivity contribution in [2.45, 2.75) is 44.1 Å². The molecule has 1 heteroatoms. The van der Waals surface area contributed by atoms with E-state index in [-0.39, 0.29) is 12.0 Å². The molecule has 1 N–H and O–H groups in total. The van der Waals surface area contributed by atoms with Crippen molar-refractivity contribution in [2.24, 2.45) is 5.92 Å². The molecule has 1 saturated carbocycles. The van der Waals surface area contributed by atoms with Gasteiger partial charge in [0.15, 0.2) is 0 Å². The molecular weight excluding hydrogens is 256 g/mol. The fraction of sp³-hybridized carbons (Fsp3) is 0.400. The first kappa shape index (κ1) is 13.1. The summed E-state index contributed by atoms with van der Waals surface area (Å²) in [6.45, 7) is 0. The van der Waals surface area contributed by atoms with E-state index in [9.17, 15) is 5.11 Å². The molecule has 0 amide bonds. The van der Waals surface area contributed by atoms with Gasteiger partial charge in [0.05, 0.1) is 6.10 Å². The van der Waals surface area contributed by atoms with Gasteiger partial charge in [0.1, 0.15) is 0 Å². The molecule has 21 heavy (non-hydrogen) atoms. The van der Waals surface area contributed by atoms with Crippen LogP contribution in [0.5, 0.6) is 0 Å². The molecule has 0 spiro atoms.